The first-order valence-corrected chi connectivity index (χ1v) is 12.1. The van der Waals surface area contributed by atoms with Gasteiger partial charge in [0, 0.05) is 6.07 Å². The number of urea groups is 1. The number of nitrogens with one attached hydrogen (secondary N) is 2. The molecule has 0 fully saturated rings. The predicted molar refractivity (Wildman–Crippen MR) is 146 cm³/mol. The van der Waals surface area contributed by atoms with Gasteiger partial charge in [-0.15, -0.1) is 0 Å². The minimum Gasteiger partial charge on any atom is -0.487 e. The van der Waals surface area contributed by atoms with E-state index in [-0.39, 0.29) is 23.7 Å². The third-order valence-electron chi connectivity index (χ3n) is 5.72. The first-order chi connectivity index (χ1) is 18.3. The second kappa shape index (κ2) is 12.2. The van der Waals surface area contributed by atoms with Crippen molar-refractivity contribution in [3.63, 3.8) is 0 Å². The van der Waals surface area contributed by atoms with E-state index < -0.39 is 23.8 Å². The van der Waals surface area contributed by atoms with E-state index in [1.54, 1.807) is 43.3 Å². The monoisotopic (exact) mass is 533 g/mol. The Balaban J connectivity index is 1.55. The summed E-state index contributed by atoms with van der Waals surface area (Å²) in [5, 5.41) is 5.48. The highest BCUT2D eigenvalue weighted by atomic mass is 32.1. The molecule has 0 aliphatic carbocycles. The molecule has 0 saturated carbocycles. The van der Waals surface area contributed by atoms with Gasteiger partial charge in [-0.25, -0.2) is 17.9 Å². The lowest BCUT2D eigenvalue weighted by atomic mass is 10.1. The van der Waals surface area contributed by atoms with E-state index in [0.717, 1.165) is 15.4 Å². The number of rotatable bonds is 8. The van der Waals surface area contributed by atoms with Crippen LogP contribution < -0.4 is 19.7 Å². The van der Waals surface area contributed by atoms with Crippen LogP contribution in [-0.2, 0) is 6.61 Å². The van der Waals surface area contributed by atoms with Gasteiger partial charge in [-0.3, -0.25) is 4.79 Å². The van der Waals surface area contributed by atoms with Gasteiger partial charge in [0.2, 0.25) is 0 Å². The number of carbonyl (C=O) groups excluding carboxylic acids is 2. The lowest BCUT2D eigenvalue weighted by Crippen LogP contribution is -2.35. The summed E-state index contributed by atoms with van der Waals surface area (Å²) in [4.78, 5) is 25.6. The molecule has 38 heavy (non-hydrogen) atoms. The smallest absolute Gasteiger partial charge is 0.332 e. The molecule has 194 valence electrons. The van der Waals surface area contributed by atoms with Crippen LogP contribution >= 0.6 is 12.8 Å². The van der Waals surface area contributed by atoms with E-state index in [4.69, 9.17) is 4.74 Å². The molecule has 0 aromatic heterocycles. The summed E-state index contributed by atoms with van der Waals surface area (Å²) in [5.41, 5.74) is 2.15. The van der Waals surface area contributed by atoms with Gasteiger partial charge in [-0.1, -0.05) is 67.4 Å². The third-order valence-corrected chi connectivity index (χ3v) is 6.13. The molecule has 4 rings (SSSR count). The second-order valence-electron chi connectivity index (χ2n) is 8.42. The standard InChI is InChI=1S/C29H25F2N3O3S/c1-19(21-11-13-22(30)14-12-21)32-29(36)34(38)23-15-16-26(33-28(35)24-9-5-6-10-25(24)31)27(17-23)37-18-20-7-3-2-4-8-20/h2-17,19,38H,18H2,1H3,(H,32,36)(H,33,35). The lowest BCUT2D eigenvalue weighted by Gasteiger charge is -2.22. The van der Waals surface area contributed by atoms with Crippen LogP contribution in [0.3, 0.4) is 0 Å². The fourth-order valence-corrected chi connectivity index (χ4v) is 3.82. The molecule has 1 unspecified atom stereocenters. The zero-order valence-corrected chi connectivity index (χ0v) is 21.3. The maximum absolute atomic E-state index is 14.1. The molecular formula is C29H25F2N3O3S. The van der Waals surface area contributed by atoms with Crippen LogP contribution in [0.2, 0.25) is 0 Å². The Labute approximate surface area is 224 Å². The minimum atomic E-state index is -0.651. The maximum Gasteiger partial charge on any atom is 0.332 e. The molecule has 0 radical (unpaired) electrons. The van der Waals surface area contributed by atoms with Crippen molar-refractivity contribution in [1.29, 1.82) is 0 Å². The summed E-state index contributed by atoms with van der Waals surface area (Å²) in [6, 6.07) is 24.6. The van der Waals surface area contributed by atoms with Crippen LogP contribution in [0, 0.1) is 11.6 Å². The highest BCUT2D eigenvalue weighted by Crippen LogP contribution is 2.32. The summed E-state index contributed by atoms with van der Waals surface area (Å²) in [5.74, 6) is -1.40. The normalized spacial score (nSPS) is 11.4. The number of benzene rings is 4. The molecule has 4 aromatic carbocycles. The van der Waals surface area contributed by atoms with Crippen molar-refractivity contribution in [2.75, 3.05) is 9.62 Å². The van der Waals surface area contributed by atoms with Crippen LogP contribution in [-0.4, -0.2) is 11.9 Å². The van der Waals surface area contributed by atoms with Crippen molar-refractivity contribution < 1.29 is 23.1 Å². The molecule has 6 nitrogen and oxygen atoms in total. The zero-order chi connectivity index (χ0) is 27.1. The number of nitrogens with zero attached hydrogens (tertiary/aromatic N) is 1. The highest BCUT2D eigenvalue weighted by molar-refractivity contribution is 7.82. The topological polar surface area (TPSA) is 70.7 Å². The van der Waals surface area contributed by atoms with Crippen molar-refractivity contribution >= 4 is 36.1 Å². The molecular weight excluding hydrogens is 508 g/mol. The van der Waals surface area contributed by atoms with E-state index in [2.05, 4.69) is 23.4 Å². The van der Waals surface area contributed by atoms with Crippen molar-refractivity contribution in [2.24, 2.45) is 0 Å². The second-order valence-corrected chi connectivity index (χ2v) is 8.82. The average Bonchev–Trinajstić information content (AvgIpc) is 2.93. The summed E-state index contributed by atoms with van der Waals surface area (Å²) in [6.07, 6.45) is 0. The molecule has 2 N–H and O–H groups in total. The zero-order valence-electron chi connectivity index (χ0n) is 20.4. The summed E-state index contributed by atoms with van der Waals surface area (Å²) >= 11 is 4.35. The molecule has 0 saturated heterocycles. The summed E-state index contributed by atoms with van der Waals surface area (Å²) < 4.78 is 34.5. The third kappa shape index (κ3) is 6.68. The van der Waals surface area contributed by atoms with Gasteiger partial charge in [0.15, 0.2) is 0 Å². The molecule has 0 spiro atoms. The van der Waals surface area contributed by atoms with Gasteiger partial charge < -0.3 is 15.4 Å². The Morgan fingerprint density at radius 2 is 1.61 bits per heavy atom. The average molecular weight is 534 g/mol. The Kier molecular flexibility index (Phi) is 8.60. The quantitative estimate of drug-likeness (QED) is 0.215. The van der Waals surface area contributed by atoms with Gasteiger partial charge in [0.05, 0.1) is 23.0 Å². The first kappa shape index (κ1) is 26.7. The number of hydrogen-bond donors (Lipinski definition) is 3. The number of anilines is 2. The Morgan fingerprint density at radius 3 is 2.32 bits per heavy atom. The largest absolute Gasteiger partial charge is 0.487 e. The van der Waals surface area contributed by atoms with Crippen LogP contribution in [0.5, 0.6) is 5.75 Å². The van der Waals surface area contributed by atoms with E-state index in [1.165, 1.54) is 30.3 Å². The number of hydrogen-bond acceptors (Lipinski definition) is 4. The van der Waals surface area contributed by atoms with E-state index in [0.29, 0.717) is 11.4 Å². The van der Waals surface area contributed by atoms with Gasteiger partial charge in [0.25, 0.3) is 5.91 Å². The van der Waals surface area contributed by atoms with Gasteiger partial charge in [0.1, 0.15) is 24.0 Å². The lowest BCUT2D eigenvalue weighted by molar-refractivity contribution is 0.102. The van der Waals surface area contributed by atoms with Crippen molar-refractivity contribution in [1.82, 2.24) is 5.32 Å². The molecule has 0 aliphatic rings. The SMILES string of the molecule is CC(NC(=O)N(S)c1ccc(NC(=O)c2ccccc2F)c(OCc2ccccc2)c1)c1ccc(F)cc1. The van der Waals surface area contributed by atoms with Crippen molar-refractivity contribution in [3.05, 3.63) is 125 Å². The number of thiol groups is 1. The number of halogens is 2. The Hall–Kier alpha value is -4.37. The molecule has 4 aromatic rings. The van der Waals surface area contributed by atoms with Crippen LogP contribution in [0.1, 0.15) is 34.5 Å². The fourth-order valence-electron chi connectivity index (χ4n) is 3.63. The number of ether oxygens (including phenoxy) is 1. The van der Waals surface area contributed by atoms with Crippen molar-refractivity contribution in [3.8, 4) is 5.75 Å². The minimum absolute atomic E-state index is 0.115. The highest BCUT2D eigenvalue weighted by Gasteiger charge is 2.19. The Morgan fingerprint density at radius 1 is 0.921 bits per heavy atom. The fraction of sp³-hybridized carbons (Fsp3) is 0.103. The van der Waals surface area contributed by atoms with Gasteiger partial charge >= 0.3 is 6.03 Å². The predicted octanol–water partition coefficient (Wildman–Crippen LogP) is 6.92. The molecule has 0 heterocycles. The Bertz CT molecular complexity index is 1420. The van der Waals surface area contributed by atoms with E-state index in [1.807, 2.05) is 30.3 Å². The maximum atomic E-state index is 14.1. The van der Waals surface area contributed by atoms with Gasteiger partial charge in [-0.2, -0.15) is 0 Å². The first-order valence-electron chi connectivity index (χ1n) is 11.7. The molecule has 0 bridgehead atoms. The molecule has 3 amide bonds. The molecule has 0 aliphatic heterocycles. The number of carbonyl (C=O) groups is 2. The van der Waals surface area contributed by atoms with Gasteiger partial charge in [-0.05, 0) is 54.4 Å². The molecule has 1 atom stereocenters. The summed E-state index contributed by atoms with van der Waals surface area (Å²) in [7, 11) is 0. The van der Waals surface area contributed by atoms with Crippen LogP contribution in [0.25, 0.3) is 0 Å². The van der Waals surface area contributed by atoms with E-state index >= 15 is 0 Å². The molecule has 9 heteroatoms. The summed E-state index contributed by atoms with van der Waals surface area (Å²) in [6.45, 7) is 1.95. The number of amides is 3. The van der Waals surface area contributed by atoms with Crippen LogP contribution in [0.15, 0.2) is 97.1 Å². The van der Waals surface area contributed by atoms with Crippen LogP contribution in [0.4, 0.5) is 25.0 Å². The van der Waals surface area contributed by atoms with Crippen molar-refractivity contribution in [2.45, 2.75) is 19.6 Å². The van der Waals surface area contributed by atoms with E-state index in [9.17, 15) is 18.4 Å².